The van der Waals surface area contributed by atoms with Gasteiger partial charge in [-0.15, -0.1) is 11.3 Å². The van der Waals surface area contributed by atoms with Crippen LogP contribution in [0.1, 0.15) is 0 Å². The van der Waals surface area contributed by atoms with E-state index in [4.69, 9.17) is 9.47 Å². The lowest BCUT2D eigenvalue weighted by Crippen LogP contribution is -2.29. The summed E-state index contributed by atoms with van der Waals surface area (Å²) >= 11 is 1.29. The van der Waals surface area contributed by atoms with Gasteiger partial charge < -0.3 is 14.8 Å². The Kier molecular flexibility index (Phi) is 5.28. The largest absolute Gasteiger partial charge is 0.497 e. The number of carbonyl (C=O) groups is 1. The molecule has 0 spiro atoms. The molecule has 0 bridgehead atoms. The summed E-state index contributed by atoms with van der Waals surface area (Å²) in [5.74, 6) is 0.821. The van der Waals surface area contributed by atoms with E-state index in [1.807, 2.05) is 0 Å². The van der Waals surface area contributed by atoms with E-state index >= 15 is 0 Å². The zero-order valence-corrected chi connectivity index (χ0v) is 14.9. The number of hydrogen-bond donors (Lipinski definition) is 1. The van der Waals surface area contributed by atoms with Crippen LogP contribution in [0.25, 0.3) is 11.3 Å². The summed E-state index contributed by atoms with van der Waals surface area (Å²) in [6, 6.07) is 8.21. The summed E-state index contributed by atoms with van der Waals surface area (Å²) in [5, 5.41) is 9.12. The average Bonchev–Trinajstić information content (AvgIpc) is 3.15. The Balaban J connectivity index is 1.90. The van der Waals surface area contributed by atoms with Crippen molar-refractivity contribution in [3.63, 3.8) is 0 Å². The summed E-state index contributed by atoms with van der Waals surface area (Å²) in [6.45, 7) is -0.224. The number of nitrogens with one attached hydrogen (secondary N) is 1. The van der Waals surface area contributed by atoms with Crippen molar-refractivity contribution in [3.8, 4) is 22.8 Å². The lowest BCUT2D eigenvalue weighted by atomic mass is 10.1. The van der Waals surface area contributed by atoms with Crippen molar-refractivity contribution in [2.24, 2.45) is 0 Å². The number of ether oxygens (including phenoxy) is 2. The van der Waals surface area contributed by atoms with Crippen molar-refractivity contribution >= 4 is 22.4 Å². The van der Waals surface area contributed by atoms with Crippen LogP contribution in [0, 0.1) is 0 Å². The van der Waals surface area contributed by atoms with Crippen molar-refractivity contribution in [1.29, 1.82) is 0 Å². The molecule has 1 N–H and O–H groups in total. The van der Waals surface area contributed by atoms with Crippen LogP contribution in [-0.4, -0.2) is 34.9 Å². The molecule has 26 heavy (non-hydrogen) atoms. The monoisotopic (exact) mass is 372 g/mol. The molecule has 0 radical (unpaired) electrons. The van der Waals surface area contributed by atoms with Gasteiger partial charge in [0.2, 0.25) is 5.91 Å². The zero-order valence-electron chi connectivity index (χ0n) is 14.1. The number of rotatable bonds is 6. The van der Waals surface area contributed by atoms with Gasteiger partial charge in [0.15, 0.2) is 5.13 Å². The number of anilines is 1. The van der Waals surface area contributed by atoms with Gasteiger partial charge in [0, 0.05) is 23.2 Å². The molecule has 134 valence electrons. The van der Waals surface area contributed by atoms with E-state index in [1.54, 1.807) is 50.1 Å². The summed E-state index contributed by atoms with van der Waals surface area (Å²) < 4.78 is 11.7. The molecule has 9 heteroatoms. The molecule has 1 amide bonds. The first-order valence-corrected chi connectivity index (χ1v) is 8.48. The molecule has 3 aromatic rings. The van der Waals surface area contributed by atoms with Gasteiger partial charge >= 0.3 is 0 Å². The molecule has 0 aliphatic heterocycles. The van der Waals surface area contributed by atoms with Crippen LogP contribution in [0.5, 0.6) is 11.5 Å². The standard InChI is InChI=1S/C17H16N4O4S/c1-24-11-3-5-14(25-2)12(9-11)13-4-6-16(23)21(20-13)10-15(22)19-17-18-7-8-26-17/h3-9H,10H2,1-2H3,(H,18,19,22). The third kappa shape index (κ3) is 3.89. The number of nitrogens with zero attached hydrogens (tertiary/aromatic N) is 3. The highest BCUT2D eigenvalue weighted by molar-refractivity contribution is 7.13. The van der Waals surface area contributed by atoms with E-state index in [9.17, 15) is 9.59 Å². The third-order valence-corrected chi connectivity index (χ3v) is 4.21. The maximum atomic E-state index is 12.1. The van der Waals surface area contributed by atoms with Crippen molar-refractivity contribution in [3.05, 3.63) is 52.3 Å². The van der Waals surface area contributed by atoms with Gasteiger partial charge in [-0.2, -0.15) is 5.10 Å². The lowest BCUT2D eigenvalue weighted by Gasteiger charge is -2.11. The van der Waals surface area contributed by atoms with Gasteiger partial charge in [-0.25, -0.2) is 9.67 Å². The quantitative estimate of drug-likeness (QED) is 0.711. The second-order valence-corrected chi connectivity index (χ2v) is 6.06. The van der Waals surface area contributed by atoms with E-state index in [0.717, 1.165) is 4.68 Å². The Labute approximate surface area is 153 Å². The smallest absolute Gasteiger partial charge is 0.267 e. The number of carbonyl (C=O) groups excluding carboxylic acids is 1. The van der Waals surface area contributed by atoms with Gasteiger partial charge in [-0.1, -0.05) is 0 Å². The number of aromatic nitrogens is 3. The Hall–Kier alpha value is -3.20. The first kappa shape index (κ1) is 17.6. The molecule has 1 aromatic carbocycles. The highest BCUT2D eigenvalue weighted by Gasteiger charge is 2.13. The average molecular weight is 372 g/mol. The highest BCUT2D eigenvalue weighted by atomic mass is 32.1. The zero-order chi connectivity index (χ0) is 18.5. The molecule has 3 rings (SSSR count). The van der Waals surface area contributed by atoms with Crippen LogP contribution in [0.4, 0.5) is 5.13 Å². The fourth-order valence-electron chi connectivity index (χ4n) is 2.30. The molecule has 2 heterocycles. The first-order valence-electron chi connectivity index (χ1n) is 7.60. The summed E-state index contributed by atoms with van der Waals surface area (Å²) in [6.07, 6.45) is 1.58. The topological polar surface area (TPSA) is 95.3 Å². The molecule has 0 aliphatic rings. The maximum Gasteiger partial charge on any atom is 0.267 e. The minimum Gasteiger partial charge on any atom is -0.497 e. The van der Waals surface area contributed by atoms with Gasteiger partial charge in [0.25, 0.3) is 5.56 Å². The maximum absolute atomic E-state index is 12.1. The summed E-state index contributed by atoms with van der Waals surface area (Å²) in [5.41, 5.74) is 0.758. The molecule has 0 saturated heterocycles. The van der Waals surface area contributed by atoms with E-state index < -0.39 is 0 Å². The van der Waals surface area contributed by atoms with Crippen LogP contribution in [0.3, 0.4) is 0 Å². The second-order valence-electron chi connectivity index (χ2n) is 5.17. The SMILES string of the molecule is COc1ccc(OC)c(-c2ccc(=O)n(CC(=O)Nc3nccs3)n2)c1. The first-order chi connectivity index (χ1) is 12.6. The second kappa shape index (κ2) is 7.79. The Bertz CT molecular complexity index is 969. The molecule has 0 atom stereocenters. The van der Waals surface area contributed by atoms with E-state index in [1.165, 1.54) is 17.4 Å². The van der Waals surface area contributed by atoms with Crippen molar-refractivity contribution in [1.82, 2.24) is 14.8 Å². The van der Waals surface area contributed by atoms with Crippen molar-refractivity contribution in [2.75, 3.05) is 19.5 Å². The van der Waals surface area contributed by atoms with Crippen molar-refractivity contribution < 1.29 is 14.3 Å². The minimum absolute atomic E-state index is 0.224. The number of hydrogen-bond acceptors (Lipinski definition) is 7. The fraction of sp³-hybridized carbons (Fsp3) is 0.176. The molecular weight excluding hydrogens is 356 g/mol. The molecule has 0 aliphatic carbocycles. The number of benzene rings is 1. The Morgan fingerprint density at radius 1 is 1.23 bits per heavy atom. The molecule has 2 aromatic heterocycles. The Morgan fingerprint density at radius 2 is 2.08 bits per heavy atom. The minimum atomic E-state index is -0.385. The van der Waals surface area contributed by atoms with E-state index in [-0.39, 0.29) is 18.0 Å². The molecule has 0 fully saturated rings. The van der Waals surface area contributed by atoms with E-state index in [0.29, 0.717) is 27.9 Å². The lowest BCUT2D eigenvalue weighted by molar-refractivity contribution is -0.117. The molecule has 0 unspecified atom stereocenters. The van der Waals surface area contributed by atoms with Crippen LogP contribution < -0.4 is 20.3 Å². The van der Waals surface area contributed by atoms with Crippen LogP contribution >= 0.6 is 11.3 Å². The molecular formula is C17H16N4O4S. The van der Waals surface area contributed by atoms with Gasteiger partial charge in [0.05, 0.1) is 19.9 Å². The van der Waals surface area contributed by atoms with Gasteiger partial charge in [0.1, 0.15) is 18.0 Å². The van der Waals surface area contributed by atoms with Crippen LogP contribution in [-0.2, 0) is 11.3 Å². The molecule has 8 nitrogen and oxygen atoms in total. The molecule has 0 saturated carbocycles. The van der Waals surface area contributed by atoms with Crippen LogP contribution in [0.2, 0.25) is 0 Å². The fourth-order valence-corrected chi connectivity index (χ4v) is 2.85. The summed E-state index contributed by atoms with van der Waals surface area (Å²) in [4.78, 5) is 28.2. The summed E-state index contributed by atoms with van der Waals surface area (Å²) in [7, 11) is 3.10. The predicted molar refractivity (Wildman–Crippen MR) is 97.8 cm³/mol. The van der Waals surface area contributed by atoms with Gasteiger partial charge in [-0.3, -0.25) is 9.59 Å². The van der Waals surface area contributed by atoms with Gasteiger partial charge in [-0.05, 0) is 24.3 Å². The number of amides is 1. The normalized spacial score (nSPS) is 10.4. The van der Waals surface area contributed by atoms with Crippen molar-refractivity contribution in [2.45, 2.75) is 6.54 Å². The van der Waals surface area contributed by atoms with Crippen LogP contribution in [0.15, 0.2) is 46.7 Å². The number of thiazole rings is 1. The van der Waals surface area contributed by atoms with E-state index in [2.05, 4.69) is 15.4 Å². The number of methoxy groups -OCH3 is 2. The predicted octanol–water partition coefficient (Wildman–Crippen LogP) is 2.02. The highest BCUT2D eigenvalue weighted by Crippen LogP contribution is 2.31. The third-order valence-electron chi connectivity index (χ3n) is 3.52. The Morgan fingerprint density at radius 3 is 2.77 bits per heavy atom.